The minimum absolute atomic E-state index is 0.230. The molecule has 144 valence electrons. The van der Waals surface area contributed by atoms with Gasteiger partial charge in [-0.25, -0.2) is 4.39 Å². The van der Waals surface area contributed by atoms with Gasteiger partial charge in [-0.05, 0) is 49.2 Å². The van der Waals surface area contributed by atoms with Crippen molar-refractivity contribution >= 4 is 17.5 Å². The van der Waals surface area contributed by atoms with Gasteiger partial charge in [-0.15, -0.1) is 0 Å². The maximum Gasteiger partial charge on any atom is 0.265 e. The maximum absolute atomic E-state index is 13.0. The molecule has 0 saturated carbocycles. The number of anilines is 1. The summed E-state index contributed by atoms with van der Waals surface area (Å²) in [5.74, 6) is -0.561. The van der Waals surface area contributed by atoms with Crippen molar-refractivity contribution in [2.45, 2.75) is 39.2 Å². The van der Waals surface area contributed by atoms with Gasteiger partial charge in [0.05, 0.1) is 11.3 Å². The quantitative estimate of drug-likeness (QED) is 0.650. The van der Waals surface area contributed by atoms with E-state index in [9.17, 15) is 14.0 Å². The molecule has 2 N–H and O–H groups in total. The van der Waals surface area contributed by atoms with E-state index in [2.05, 4.69) is 10.6 Å². The van der Waals surface area contributed by atoms with Crippen LogP contribution < -0.4 is 15.4 Å². The number of rotatable bonds is 9. The van der Waals surface area contributed by atoms with Gasteiger partial charge in [-0.1, -0.05) is 32.4 Å². The van der Waals surface area contributed by atoms with Gasteiger partial charge in [-0.3, -0.25) is 9.59 Å². The lowest BCUT2D eigenvalue weighted by molar-refractivity contribution is -0.122. The summed E-state index contributed by atoms with van der Waals surface area (Å²) in [4.78, 5) is 25.0. The zero-order valence-corrected chi connectivity index (χ0v) is 15.6. The summed E-state index contributed by atoms with van der Waals surface area (Å²) >= 11 is 0. The third-order valence-electron chi connectivity index (χ3n) is 4.00. The molecular weight excluding hydrogens is 347 g/mol. The Morgan fingerprint density at radius 1 is 1.07 bits per heavy atom. The van der Waals surface area contributed by atoms with E-state index in [-0.39, 0.29) is 17.6 Å². The molecule has 0 unspecified atom stereocenters. The van der Waals surface area contributed by atoms with E-state index >= 15 is 0 Å². The number of carbonyl (C=O) groups is 2. The molecule has 2 aromatic carbocycles. The molecule has 0 aliphatic rings. The molecule has 2 amide bonds. The predicted octanol–water partition coefficient (Wildman–Crippen LogP) is 4.15. The lowest BCUT2D eigenvalue weighted by atomic mass is 10.1. The summed E-state index contributed by atoms with van der Waals surface area (Å²) < 4.78 is 18.7. The van der Waals surface area contributed by atoms with Gasteiger partial charge < -0.3 is 15.4 Å². The van der Waals surface area contributed by atoms with E-state index in [4.69, 9.17) is 4.74 Å². The van der Waals surface area contributed by atoms with Crippen LogP contribution in [0.1, 0.15) is 43.5 Å². The number of carbonyl (C=O) groups excluding carboxylic acids is 2. The number of amides is 2. The number of benzene rings is 2. The van der Waals surface area contributed by atoms with Crippen LogP contribution in [0.25, 0.3) is 0 Å². The van der Waals surface area contributed by atoms with Gasteiger partial charge in [0, 0.05) is 6.54 Å². The minimum atomic E-state index is -0.758. The molecule has 6 heteroatoms. The van der Waals surface area contributed by atoms with Crippen molar-refractivity contribution in [1.29, 1.82) is 0 Å². The number of halogens is 1. The largest absolute Gasteiger partial charge is 0.481 e. The van der Waals surface area contributed by atoms with E-state index in [1.165, 1.54) is 24.3 Å². The topological polar surface area (TPSA) is 67.4 Å². The average Bonchev–Trinajstić information content (AvgIpc) is 2.68. The van der Waals surface area contributed by atoms with Crippen LogP contribution in [-0.2, 0) is 4.79 Å². The van der Waals surface area contributed by atoms with Crippen molar-refractivity contribution in [3.8, 4) is 5.75 Å². The molecule has 2 rings (SSSR count). The summed E-state index contributed by atoms with van der Waals surface area (Å²) in [6.07, 6.45) is 1.54. The number of para-hydroxylation sites is 1. The second kappa shape index (κ2) is 10.3. The van der Waals surface area contributed by atoms with Crippen LogP contribution in [0, 0.1) is 5.82 Å². The third-order valence-corrected chi connectivity index (χ3v) is 4.00. The molecule has 2 aromatic rings. The Balaban J connectivity index is 2.07. The smallest absolute Gasteiger partial charge is 0.265 e. The molecule has 0 fully saturated rings. The highest BCUT2D eigenvalue weighted by Crippen LogP contribution is 2.18. The molecule has 1 atom stereocenters. The van der Waals surface area contributed by atoms with E-state index < -0.39 is 6.10 Å². The molecule has 0 aliphatic heterocycles. The van der Waals surface area contributed by atoms with E-state index in [1.54, 1.807) is 24.3 Å². The number of ether oxygens (including phenoxy) is 1. The van der Waals surface area contributed by atoms with E-state index in [0.717, 1.165) is 12.8 Å². The maximum atomic E-state index is 13.0. The van der Waals surface area contributed by atoms with Crippen molar-refractivity contribution in [2.24, 2.45) is 0 Å². The standard InChI is InChI=1S/C21H25FN2O3/c1-3-5-14-23-20(25)17-8-6-7-9-18(17)24-21(26)19(4-2)27-16-12-10-15(22)11-13-16/h6-13,19H,3-5,14H2,1-2H3,(H,23,25)(H,24,26)/t19-/m1/s1. The van der Waals surface area contributed by atoms with Crippen LogP contribution in [0.5, 0.6) is 5.75 Å². The zero-order chi connectivity index (χ0) is 19.6. The van der Waals surface area contributed by atoms with Crippen LogP contribution >= 0.6 is 0 Å². The second-order valence-corrected chi connectivity index (χ2v) is 6.11. The van der Waals surface area contributed by atoms with Crippen molar-refractivity contribution in [3.05, 3.63) is 59.9 Å². The third kappa shape index (κ3) is 6.09. The van der Waals surface area contributed by atoms with Crippen LogP contribution in [0.4, 0.5) is 10.1 Å². The molecule has 0 saturated heterocycles. The highest BCUT2D eigenvalue weighted by molar-refractivity contribution is 6.04. The van der Waals surface area contributed by atoms with Crippen molar-refractivity contribution in [3.63, 3.8) is 0 Å². The molecule has 0 heterocycles. The first kappa shape index (κ1) is 20.4. The lowest BCUT2D eigenvalue weighted by Gasteiger charge is -2.18. The average molecular weight is 372 g/mol. The van der Waals surface area contributed by atoms with Crippen molar-refractivity contribution in [2.75, 3.05) is 11.9 Å². The zero-order valence-electron chi connectivity index (χ0n) is 15.6. The summed E-state index contributed by atoms with van der Waals surface area (Å²) in [7, 11) is 0. The van der Waals surface area contributed by atoms with Gasteiger partial charge >= 0.3 is 0 Å². The van der Waals surface area contributed by atoms with Gasteiger partial charge in [0.1, 0.15) is 11.6 Å². The Labute approximate surface area is 158 Å². The first-order valence-electron chi connectivity index (χ1n) is 9.15. The van der Waals surface area contributed by atoms with Crippen LogP contribution in [0.2, 0.25) is 0 Å². The van der Waals surface area contributed by atoms with Gasteiger partial charge in [-0.2, -0.15) is 0 Å². The molecule has 0 aromatic heterocycles. The molecule has 0 aliphatic carbocycles. The van der Waals surface area contributed by atoms with Gasteiger partial charge in [0.25, 0.3) is 11.8 Å². The van der Waals surface area contributed by atoms with Crippen molar-refractivity contribution < 1.29 is 18.7 Å². The van der Waals surface area contributed by atoms with Crippen LogP contribution in [0.3, 0.4) is 0 Å². The SMILES string of the molecule is CCCCNC(=O)c1ccccc1NC(=O)[C@@H](CC)Oc1ccc(F)cc1. The monoisotopic (exact) mass is 372 g/mol. The molecule has 0 bridgehead atoms. The molecule has 5 nitrogen and oxygen atoms in total. The number of unbranched alkanes of at least 4 members (excludes halogenated alkanes) is 1. The van der Waals surface area contributed by atoms with Crippen molar-refractivity contribution in [1.82, 2.24) is 5.32 Å². The summed E-state index contributed by atoms with van der Waals surface area (Å²) in [5.41, 5.74) is 0.830. The van der Waals surface area contributed by atoms with Crippen LogP contribution in [0.15, 0.2) is 48.5 Å². The fourth-order valence-electron chi connectivity index (χ4n) is 2.48. The van der Waals surface area contributed by atoms with Gasteiger partial charge in [0.2, 0.25) is 0 Å². The highest BCUT2D eigenvalue weighted by atomic mass is 19.1. The normalized spacial score (nSPS) is 11.5. The fourth-order valence-corrected chi connectivity index (χ4v) is 2.48. The first-order chi connectivity index (χ1) is 13.0. The Bertz CT molecular complexity index is 762. The van der Waals surface area contributed by atoms with Gasteiger partial charge in [0.15, 0.2) is 6.10 Å². The number of nitrogens with one attached hydrogen (secondary N) is 2. The fraction of sp³-hybridized carbons (Fsp3) is 0.333. The predicted molar refractivity (Wildman–Crippen MR) is 103 cm³/mol. The molecule has 0 radical (unpaired) electrons. The molecule has 27 heavy (non-hydrogen) atoms. The summed E-state index contributed by atoms with van der Waals surface area (Å²) in [5, 5.41) is 5.61. The Hall–Kier alpha value is -2.89. The van der Waals surface area contributed by atoms with Crippen LogP contribution in [-0.4, -0.2) is 24.5 Å². The molecule has 0 spiro atoms. The van der Waals surface area contributed by atoms with E-state index in [1.807, 2.05) is 13.8 Å². The summed E-state index contributed by atoms with van der Waals surface area (Å²) in [6.45, 7) is 4.45. The molecular formula is C21H25FN2O3. The Morgan fingerprint density at radius 3 is 2.44 bits per heavy atom. The lowest BCUT2D eigenvalue weighted by Crippen LogP contribution is -2.33. The van der Waals surface area contributed by atoms with E-state index in [0.29, 0.717) is 30.0 Å². The number of hydrogen-bond acceptors (Lipinski definition) is 3. The number of hydrogen-bond donors (Lipinski definition) is 2. The highest BCUT2D eigenvalue weighted by Gasteiger charge is 2.21. The Kier molecular flexibility index (Phi) is 7.79. The Morgan fingerprint density at radius 2 is 1.78 bits per heavy atom. The first-order valence-corrected chi connectivity index (χ1v) is 9.15. The summed E-state index contributed by atoms with van der Waals surface area (Å²) in [6, 6.07) is 12.3. The minimum Gasteiger partial charge on any atom is -0.481 e. The second-order valence-electron chi connectivity index (χ2n) is 6.11.